The number of aromatic carboxylic acids is 1. The molecule has 0 saturated carbocycles. The number of rotatable bonds is 2. The van der Waals surface area contributed by atoms with Gasteiger partial charge < -0.3 is 5.11 Å². The molecule has 0 aliphatic heterocycles. The van der Waals surface area contributed by atoms with E-state index in [1.807, 2.05) is 0 Å². The van der Waals surface area contributed by atoms with Gasteiger partial charge in [-0.25, -0.2) is 9.18 Å². The SMILES string of the molecule is O=C(O)c1cc(-c2cccc(F)c2)sn1. The fourth-order valence-electron chi connectivity index (χ4n) is 1.15. The van der Waals surface area contributed by atoms with Gasteiger partial charge in [0, 0.05) is 0 Å². The predicted octanol–water partition coefficient (Wildman–Crippen LogP) is 2.65. The van der Waals surface area contributed by atoms with Gasteiger partial charge in [0.15, 0.2) is 5.69 Å². The number of nitrogens with zero attached hydrogens (tertiary/aromatic N) is 1. The van der Waals surface area contributed by atoms with E-state index in [1.165, 1.54) is 18.2 Å². The number of benzene rings is 1. The summed E-state index contributed by atoms with van der Waals surface area (Å²) >= 11 is 1.04. The first-order chi connectivity index (χ1) is 7.16. The summed E-state index contributed by atoms with van der Waals surface area (Å²) in [6.07, 6.45) is 0. The van der Waals surface area contributed by atoms with Gasteiger partial charge in [-0.15, -0.1) is 0 Å². The van der Waals surface area contributed by atoms with Crippen molar-refractivity contribution in [1.82, 2.24) is 4.37 Å². The van der Waals surface area contributed by atoms with Gasteiger partial charge in [0.2, 0.25) is 0 Å². The zero-order valence-corrected chi connectivity index (χ0v) is 8.29. The Kier molecular flexibility index (Phi) is 2.47. The lowest BCUT2D eigenvalue weighted by atomic mass is 10.2. The molecule has 2 rings (SSSR count). The standard InChI is InChI=1S/C10H6FNO2S/c11-7-3-1-2-6(4-7)9-5-8(10(13)14)12-15-9/h1-5H,(H,13,14). The topological polar surface area (TPSA) is 50.2 Å². The molecule has 0 spiro atoms. The molecule has 3 nitrogen and oxygen atoms in total. The summed E-state index contributed by atoms with van der Waals surface area (Å²) in [7, 11) is 0. The van der Waals surface area contributed by atoms with E-state index in [0.717, 1.165) is 11.5 Å². The minimum Gasteiger partial charge on any atom is -0.476 e. The van der Waals surface area contributed by atoms with Crippen molar-refractivity contribution in [2.45, 2.75) is 0 Å². The first-order valence-corrected chi connectivity index (χ1v) is 4.90. The Bertz CT molecular complexity index is 510. The highest BCUT2D eigenvalue weighted by Crippen LogP contribution is 2.25. The Balaban J connectivity index is 2.41. The molecule has 0 unspecified atom stereocenters. The van der Waals surface area contributed by atoms with E-state index in [-0.39, 0.29) is 11.5 Å². The summed E-state index contributed by atoms with van der Waals surface area (Å²) in [5.41, 5.74) is 0.624. The zero-order valence-electron chi connectivity index (χ0n) is 7.48. The molecule has 0 aliphatic carbocycles. The highest BCUT2D eigenvalue weighted by molar-refractivity contribution is 7.09. The molecule has 1 aromatic carbocycles. The summed E-state index contributed by atoms with van der Waals surface area (Å²) < 4.78 is 16.6. The lowest BCUT2D eigenvalue weighted by Gasteiger charge is -1.94. The quantitative estimate of drug-likeness (QED) is 0.851. The van der Waals surface area contributed by atoms with Crippen LogP contribution >= 0.6 is 11.5 Å². The van der Waals surface area contributed by atoms with Crippen molar-refractivity contribution in [2.24, 2.45) is 0 Å². The summed E-state index contributed by atoms with van der Waals surface area (Å²) in [6.45, 7) is 0. The molecule has 1 heterocycles. The molecule has 76 valence electrons. The van der Waals surface area contributed by atoms with E-state index in [0.29, 0.717) is 10.4 Å². The second-order valence-electron chi connectivity index (χ2n) is 2.89. The molecule has 0 atom stereocenters. The molecule has 0 bridgehead atoms. The number of hydrogen-bond acceptors (Lipinski definition) is 3. The van der Waals surface area contributed by atoms with Gasteiger partial charge in [0.25, 0.3) is 0 Å². The van der Waals surface area contributed by atoms with Gasteiger partial charge >= 0.3 is 5.97 Å². The fraction of sp³-hybridized carbons (Fsp3) is 0. The number of carboxylic acids is 1. The van der Waals surface area contributed by atoms with Gasteiger partial charge in [0.1, 0.15) is 5.82 Å². The molecule has 0 radical (unpaired) electrons. The number of hydrogen-bond donors (Lipinski definition) is 1. The molecular formula is C10H6FNO2S. The molecule has 0 aliphatic rings. The summed E-state index contributed by atoms with van der Waals surface area (Å²) in [5, 5.41) is 8.67. The van der Waals surface area contributed by atoms with Gasteiger partial charge in [-0.05, 0) is 35.3 Å². The highest BCUT2D eigenvalue weighted by Gasteiger charge is 2.10. The van der Waals surface area contributed by atoms with Crippen LogP contribution in [0.2, 0.25) is 0 Å². The van der Waals surface area contributed by atoms with Crippen molar-refractivity contribution in [2.75, 3.05) is 0 Å². The van der Waals surface area contributed by atoms with Crippen LogP contribution in [0.3, 0.4) is 0 Å². The maximum Gasteiger partial charge on any atom is 0.355 e. The van der Waals surface area contributed by atoms with Gasteiger partial charge in [0.05, 0.1) is 4.88 Å². The van der Waals surface area contributed by atoms with E-state index in [9.17, 15) is 9.18 Å². The highest BCUT2D eigenvalue weighted by atomic mass is 32.1. The van der Waals surface area contributed by atoms with E-state index in [1.54, 1.807) is 12.1 Å². The molecule has 1 aromatic heterocycles. The molecule has 0 amide bonds. The van der Waals surface area contributed by atoms with Crippen molar-refractivity contribution in [3.8, 4) is 10.4 Å². The number of halogens is 1. The van der Waals surface area contributed by atoms with Crippen LogP contribution in [-0.2, 0) is 0 Å². The summed E-state index contributed by atoms with van der Waals surface area (Å²) in [5.74, 6) is -1.42. The lowest BCUT2D eigenvalue weighted by molar-refractivity contribution is 0.0692. The Morgan fingerprint density at radius 2 is 2.20 bits per heavy atom. The van der Waals surface area contributed by atoms with Crippen molar-refractivity contribution in [1.29, 1.82) is 0 Å². The summed E-state index contributed by atoms with van der Waals surface area (Å²) in [4.78, 5) is 11.2. The summed E-state index contributed by atoms with van der Waals surface area (Å²) in [6, 6.07) is 7.40. The zero-order chi connectivity index (χ0) is 10.8. The largest absolute Gasteiger partial charge is 0.476 e. The predicted molar refractivity (Wildman–Crippen MR) is 54.5 cm³/mol. The molecule has 0 fully saturated rings. The molecular weight excluding hydrogens is 217 g/mol. The monoisotopic (exact) mass is 223 g/mol. The van der Waals surface area contributed by atoms with Crippen LogP contribution in [0.15, 0.2) is 30.3 Å². The maximum atomic E-state index is 12.9. The Labute approximate surface area is 89.0 Å². The van der Waals surface area contributed by atoms with Crippen LogP contribution in [0.5, 0.6) is 0 Å². The molecule has 2 aromatic rings. The van der Waals surface area contributed by atoms with Crippen molar-refractivity contribution >= 4 is 17.5 Å². The Morgan fingerprint density at radius 3 is 2.80 bits per heavy atom. The minimum atomic E-state index is -1.08. The lowest BCUT2D eigenvalue weighted by Crippen LogP contribution is -1.94. The Morgan fingerprint density at radius 1 is 1.40 bits per heavy atom. The average molecular weight is 223 g/mol. The van der Waals surface area contributed by atoms with Gasteiger partial charge in [-0.1, -0.05) is 12.1 Å². The van der Waals surface area contributed by atoms with E-state index in [4.69, 9.17) is 5.11 Å². The smallest absolute Gasteiger partial charge is 0.355 e. The minimum absolute atomic E-state index is 0.0146. The number of carboxylic acid groups (broad SMARTS) is 1. The third-order valence-corrected chi connectivity index (χ3v) is 2.68. The van der Waals surface area contributed by atoms with E-state index < -0.39 is 5.97 Å². The van der Waals surface area contributed by atoms with Crippen LogP contribution in [-0.4, -0.2) is 15.4 Å². The maximum absolute atomic E-state index is 12.9. The van der Waals surface area contributed by atoms with Crippen LogP contribution in [0.25, 0.3) is 10.4 Å². The third-order valence-electron chi connectivity index (χ3n) is 1.84. The average Bonchev–Trinajstić information content (AvgIpc) is 2.66. The molecule has 0 saturated heterocycles. The van der Waals surface area contributed by atoms with Crippen molar-refractivity contribution < 1.29 is 14.3 Å². The van der Waals surface area contributed by atoms with Crippen molar-refractivity contribution in [3.05, 3.63) is 41.8 Å². The van der Waals surface area contributed by atoms with Crippen molar-refractivity contribution in [3.63, 3.8) is 0 Å². The fourth-order valence-corrected chi connectivity index (χ4v) is 1.88. The van der Waals surface area contributed by atoms with Crippen LogP contribution in [0, 0.1) is 5.82 Å². The molecule has 15 heavy (non-hydrogen) atoms. The van der Waals surface area contributed by atoms with E-state index >= 15 is 0 Å². The first kappa shape index (κ1) is 9.79. The second kappa shape index (κ2) is 3.78. The Hall–Kier alpha value is -1.75. The first-order valence-electron chi connectivity index (χ1n) is 4.13. The molecule has 1 N–H and O–H groups in total. The number of carbonyl (C=O) groups is 1. The van der Waals surface area contributed by atoms with Crippen LogP contribution in [0.4, 0.5) is 4.39 Å². The van der Waals surface area contributed by atoms with Crippen LogP contribution < -0.4 is 0 Å². The van der Waals surface area contributed by atoms with Crippen LogP contribution in [0.1, 0.15) is 10.5 Å². The molecule has 5 heteroatoms. The van der Waals surface area contributed by atoms with Gasteiger partial charge in [-0.3, -0.25) is 0 Å². The normalized spacial score (nSPS) is 10.2. The van der Waals surface area contributed by atoms with Gasteiger partial charge in [-0.2, -0.15) is 4.37 Å². The third kappa shape index (κ3) is 2.02. The second-order valence-corrected chi connectivity index (χ2v) is 3.70. The number of aromatic nitrogens is 1. The van der Waals surface area contributed by atoms with E-state index in [2.05, 4.69) is 4.37 Å².